The van der Waals surface area contributed by atoms with Crippen LogP contribution in [0.5, 0.6) is 0 Å². The van der Waals surface area contributed by atoms with Crippen molar-refractivity contribution < 1.29 is 19.1 Å². The monoisotopic (exact) mass is 512 g/mol. The average Bonchev–Trinajstić information content (AvgIpc) is 3.04. The Kier molecular flexibility index (Phi) is 6.46. The average molecular weight is 513 g/mol. The highest BCUT2D eigenvalue weighted by molar-refractivity contribution is 5.67. The molecule has 37 heavy (non-hydrogen) atoms. The van der Waals surface area contributed by atoms with Crippen molar-refractivity contribution in [1.82, 2.24) is 10.2 Å². The molecule has 1 aromatic rings. The molecule has 1 aliphatic heterocycles. The van der Waals surface area contributed by atoms with E-state index in [4.69, 9.17) is 9.15 Å². The summed E-state index contributed by atoms with van der Waals surface area (Å²) in [5, 5.41) is 15.8. The molecule has 5 aliphatic rings. The van der Waals surface area contributed by atoms with E-state index in [1.54, 1.807) is 6.26 Å². The zero-order valence-electron chi connectivity index (χ0n) is 22.5. The summed E-state index contributed by atoms with van der Waals surface area (Å²) in [4.78, 5) is 26.3. The summed E-state index contributed by atoms with van der Waals surface area (Å²) >= 11 is 0. The second-order valence-corrected chi connectivity index (χ2v) is 13.2. The summed E-state index contributed by atoms with van der Waals surface area (Å²) in [6, 6.07) is 3.42. The van der Waals surface area contributed by atoms with Gasteiger partial charge in [-0.3, -0.25) is 0 Å². The van der Waals surface area contributed by atoms with E-state index in [9.17, 15) is 14.7 Å². The molecule has 0 bridgehead atoms. The van der Waals surface area contributed by atoms with E-state index in [2.05, 4.69) is 19.2 Å². The lowest BCUT2D eigenvalue weighted by Gasteiger charge is -2.63. The molecule has 5 fully saturated rings. The molecule has 2 N–H and O–H groups in total. The predicted octanol–water partition coefficient (Wildman–Crippen LogP) is 4.68. The van der Waals surface area contributed by atoms with Crippen molar-refractivity contribution in [3.05, 3.63) is 34.4 Å². The minimum absolute atomic E-state index is 0.0128. The van der Waals surface area contributed by atoms with E-state index < -0.39 is 5.60 Å². The summed E-state index contributed by atoms with van der Waals surface area (Å²) in [5.74, 6) is 1.57. The highest BCUT2D eigenvalue weighted by Gasteiger charge is 2.67. The van der Waals surface area contributed by atoms with Gasteiger partial charge in [0.05, 0.1) is 11.9 Å². The highest BCUT2D eigenvalue weighted by atomic mass is 16.6. The van der Waals surface area contributed by atoms with Crippen LogP contribution in [0.15, 0.2) is 27.6 Å². The number of rotatable bonds is 2. The Morgan fingerprint density at radius 2 is 1.92 bits per heavy atom. The number of carbonyl (C=O) groups is 1. The summed E-state index contributed by atoms with van der Waals surface area (Å²) in [6.07, 6.45) is 11.5. The van der Waals surface area contributed by atoms with Crippen molar-refractivity contribution in [3.63, 3.8) is 0 Å². The van der Waals surface area contributed by atoms with Crippen LogP contribution in [0.2, 0.25) is 0 Å². The minimum Gasteiger partial charge on any atom is -0.446 e. The summed E-state index contributed by atoms with van der Waals surface area (Å²) < 4.78 is 11.3. The summed E-state index contributed by atoms with van der Waals surface area (Å²) in [5.41, 5.74) is 0.0363. The molecule has 0 spiro atoms. The van der Waals surface area contributed by atoms with Gasteiger partial charge in [0.25, 0.3) is 0 Å². The predicted molar refractivity (Wildman–Crippen MR) is 140 cm³/mol. The molecule has 4 aliphatic carbocycles. The van der Waals surface area contributed by atoms with Crippen LogP contribution in [0, 0.1) is 28.6 Å². The Hall–Kier alpha value is -1.86. The van der Waals surface area contributed by atoms with E-state index in [0.29, 0.717) is 17.8 Å². The van der Waals surface area contributed by atoms with Crippen LogP contribution in [0.25, 0.3) is 0 Å². The van der Waals surface area contributed by atoms with Gasteiger partial charge < -0.3 is 24.5 Å². The van der Waals surface area contributed by atoms with Gasteiger partial charge in [-0.15, -0.1) is 0 Å². The highest BCUT2D eigenvalue weighted by Crippen LogP contribution is 2.70. The molecule has 0 unspecified atom stereocenters. The third-order valence-electron chi connectivity index (χ3n) is 11.8. The Labute approximate surface area is 220 Å². The standard InChI is InChI=1S/C30H44N2O5/c1-28-11-8-22(37-27(34)32-16-3-14-31-15-17-32)18-21(28)5-6-25-24(28)9-12-29(2)23(10-13-30(25,29)35)20-4-7-26(33)36-19-20/h4,7,19,21-25,31,35H,3,5-6,8-18H2,1-2H3/t21-,22+,23-,24+,25-,28+,29-,30+/m1/s1. The van der Waals surface area contributed by atoms with E-state index >= 15 is 0 Å². The molecular weight excluding hydrogens is 468 g/mol. The number of hydrogen-bond donors (Lipinski definition) is 2. The fourth-order valence-corrected chi connectivity index (χ4v) is 9.64. The third-order valence-corrected chi connectivity index (χ3v) is 11.8. The molecule has 7 nitrogen and oxygen atoms in total. The molecule has 1 amide bonds. The molecule has 204 valence electrons. The van der Waals surface area contributed by atoms with Gasteiger partial charge in [0.15, 0.2) is 0 Å². The van der Waals surface area contributed by atoms with E-state index in [-0.39, 0.29) is 34.6 Å². The van der Waals surface area contributed by atoms with Gasteiger partial charge in [-0.05, 0) is 111 Å². The lowest BCUT2D eigenvalue weighted by atomic mass is 9.43. The molecule has 1 aromatic heterocycles. The molecule has 0 aromatic carbocycles. The lowest BCUT2D eigenvalue weighted by molar-refractivity contribution is -0.205. The Bertz CT molecular complexity index is 1050. The molecule has 4 saturated carbocycles. The first-order chi connectivity index (χ1) is 17.7. The van der Waals surface area contributed by atoms with Crippen LogP contribution in [-0.4, -0.2) is 54.0 Å². The van der Waals surface area contributed by atoms with Crippen LogP contribution < -0.4 is 10.9 Å². The van der Waals surface area contributed by atoms with Crippen molar-refractivity contribution >= 4 is 6.09 Å². The van der Waals surface area contributed by atoms with Crippen molar-refractivity contribution in [2.45, 2.75) is 95.7 Å². The normalized spacial score (nSPS) is 43.8. The summed E-state index contributed by atoms with van der Waals surface area (Å²) in [6.45, 7) is 8.06. The fraction of sp³-hybridized carbons (Fsp3) is 0.800. The lowest BCUT2D eigenvalue weighted by Crippen LogP contribution is -2.62. The van der Waals surface area contributed by atoms with Crippen LogP contribution in [-0.2, 0) is 4.74 Å². The first-order valence-corrected chi connectivity index (χ1v) is 14.7. The quantitative estimate of drug-likeness (QED) is 0.598. The maximum atomic E-state index is 12.9. The van der Waals surface area contributed by atoms with E-state index in [1.807, 2.05) is 11.0 Å². The molecular formula is C30H44N2O5. The maximum absolute atomic E-state index is 12.9. The second-order valence-electron chi connectivity index (χ2n) is 13.2. The number of amides is 1. The smallest absolute Gasteiger partial charge is 0.410 e. The number of carbonyl (C=O) groups excluding carboxylic acids is 1. The maximum Gasteiger partial charge on any atom is 0.410 e. The molecule has 1 saturated heterocycles. The molecule has 8 atom stereocenters. The Balaban J connectivity index is 1.16. The number of nitrogens with one attached hydrogen (secondary N) is 1. The largest absolute Gasteiger partial charge is 0.446 e. The zero-order valence-corrected chi connectivity index (χ0v) is 22.5. The van der Waals surface area contributed by atoms with Crippen LogP contribution in [0.3, 0.4) is 0 Å². The first-order valence-electron chi connectivity index (χ1n) is 14.7. The van der Waals surface area contributed by atoms with Gasteiger partial charge in [-0.2, -0.15) is 0 Å². The van der Waals surface area contributed by atoms with Gasteiger partial charge in [0.2, 0.25) is 0 Å². The topological polar surface area (TPSA) is 92.0 Å². The third kappa shape index (κ3) is 4.07. The SMILES string of the molecule is C[C@]12CC[C@H](OC(=O)N3CCCNCC3)C[C@H]1CC[C@@H]1[C@@H]2CC[C@]2(C)[C@@H](c3ccc(=O)oc3)CC[C@]12O. The zero-order chi connectivity index (χ0) is 25.8. The van der Waals surface area contributed by atoms with E-state index in [1.165, 1.54) is 6.07 Å². The molecule has 0 radical (unpaired) electrons. The number of ether oxygens (including phenoxy) is 1. The molecule has 7 heteroatoms. The van der Waals surface area contributed by atoms with Crippen molar-refractivity contribution in [3.8, 4) is 0 Å². The number of fused-ring (bicyclic) bond motifs is 5. The summed E-state index contributed by atoms with van der Waals surface area (Å²) in [7, 11) is 0. The van der Waals surface area contributed by atoms with Crippen molar-refractivity contribution in [2.75, 3.05) is 26.2 Å². The number of nitrogens with zero attached hydrogens (tertiary/aromatic N) is 1. The molecule has 6 rings (SSSR count). The van der Waals surface area contributed by atoms with Crippen LogP contribution in [0.1, 0.15) is 89.5 Å². The van der Waals surface area contributed by atoms with Gasteiger partial charge in [-0.1, -0.05) is 13.8 Å². The van der Waals surface area contributed by atoms with Crippen molar-refractivity contribution in [2.24, 2.45) is 28.6 Å². The Morgan fingerprint density at radius 3 is 2.73 bits per heavy atom. The number of aliphatic hydroxyl groups is 1. The van der Waals surface area contributed by atoms with Gasteiger partial charge >= 0.3 is 11.7 Å². The van der Waals surface area contributed by atoms with Crippen molar-refractivity contribution in [1.29, 1.82) is 0 Å². The van der Waals surface area contributed by atoms with Gasteiger partial charge in [0, 0.05) is 31.1 Å². The fourth-order valence-electron chi connectivity index (χ4n) is 9.64. The minimum atomic E-state index is -0.686. The van der Waals surface area contributed by atoms with Crippen LogP contribution >= 0.6 is 0 Å². The van der Waals surface area contributed by atoms with E-state index in [0.717, 1.165) is 96.0 Å². The number of hydrogen-bond acceptors (Lipinski definition) is 6. The second kappa shape index (κ2) is 9.41. The van der Waals surface area contributed by atoms with Crippen LogP contribution in [0.4, 0.5) is 4.79 Å². The first kappa shape index (κ1) is 25.4. The molecule has 2 heterocycles. The van der Waals surface area contributed by atoms with Gasteiger partial charge in [0.1, 0.15) is 6.10 Å². The van der Waals surface area contributed by atoms with Gasteiger partial charge in [-0.25, -0.2) is 9.59 Å². The Morgan fingerprint density at radius 1 is 1.05 bits per heavy atom.